The Kier molecular flexibility index (Phi) is 9.09. The van der Waals surface area contributed by atoms with E-state index in [2.05, 4.69) is 20.8 Å². The third-order valence-electron chi connectivity index (χ3n) is 0. The van der Waals surface area contributed by atoms with Crippen molar-refractivity contribution in [1.29, 1.82) is 0 Å². The van der Waals surface area contributed by atoms with Crippen molar-refractivity contribution >= 4 is 0 Å². The van der Waals surface area contributed by atoms with Crippen LogP contribution in [0.25, 0.3) is 0 Å². The van der Waals surface area contributed by atoms with Crippen LogP contribution in [0.4, 0.5) is 0 Å². The Morgan fingerprint density at radius 2 is 1.40 bits per heavy atom. The summed E-state index contributed by atoms with van der Waals surface area (Å²) in [7, 11) is 0. The van der Waals surface area contributed by atoms with Gasteiger partial charge in [-0.3, -0.25) is 0 Å². The largest absolute Gasteiger partial charge is 0.0628 e. The van der Waals surface area contributed by atoms with E-state index >= 15 is 0 Å². The minimum Gasteiger partial charge on any atom is -0.0628 e. The summed E-state index contributed by atoms with van der Waals surface area (Å²) in [5, 5.41) is 0. The Morgan fingerprint density at radius 1 is 1.40 bits per heavy atom. The molecule has 0 unspecified atom stereocenters. The van der Waals surface area contributed by atoms with Gasteiger partial charge in [-0.05, 0) is 5.92 Å². The first kappa shape index (κ1) is 9.30. The first-order valence-corrected chi connectivity index (χ1v) is 1.56. The van der Waals surface area contributed by atoms with Crippen LogP contribution in [0.3, 0.4) is 0 Å². The summed E-state index contributed by atoms with van der Waals surface area (Å²) in [6.45, 7) is 7.75. The molecule has 0 aliphatic carbocycles. The summed E-state index contributed by atoms with van der Waals surface area (Å²) >= 11 is 0. The van der Waals surface area contributed by atoms with Gasteiger partial charge in [-0.25, -0.2) is 0 Å². The smallest absolute Gasteiger partial charge is 0 e. The zero-order valence-electron chi connectivity index (χ0n) is 3.78. The van der Waals surface area contributed by atoms with E-state index in [4.69, 9.17) is 0 Å². The molecule has 0 aliphatic heterocycles. The molecule has 0 bridgehead atoms. The van der Waals surface area contributed by atoms with E-state index < -0.39 is 0 Å². The summed E-state index contributed by atoms with van der Waals surface area (Å²) < 4.78 is 0. The van der Waals surface area contributed by atoms with E-state index in [-0.39, 0.29) is 26.2 Å². The molecule has 0 aromatic carbocycles. The van der Waals surface area contributed by atoms with Crippen molar-refractivity contribution in [2.75, 3.05) is 0 Å². The van der Waals surface area contributed by atoms with Gasteiger partial charge in [0.15, 0.2) is 0 Å². The SMILES string of the molecule is [CH2]C(C)C.[Zr]. The van der Waals surface area contributed by atoms with Crippen molar-refractivity contribution in [2.24, 2.45) is 5.92 Å². The summed E-state index contributed by atoms with van der Waals surface area (Å²) in [4.78, 5) is 0. The van der Waals surface area contributed by atoms with E-state index in [1.165, 1.54) is 0 Å². The molecule has 0 rings (SSSR count). The monoisotopic (exact) mass is 147 g/mol. The second kappa shape index (κ2) is 4.88. The van der Waals surface area contributed by atoms with Crippen LogP contribution in [0, 0.1) is 12.8 Å². The summed E-state index contributed by atoms with van der Waals surface area (Å²) in [5.41, 5.74) is 0. The molecule has 0 saturated heterocycles. The molecule has 0 heterocycles. The molecular formula is C4H9Zr. The zero-order valence-corrected chi connectivity index (χ0v) is 6.24. The molecule has 1 radical (unpaired) electrons. The Bertz CT molecular complexity index is 8.36. The van der Waals surface area contributed by atoms with Crippen molar-refractivity contribution in [3.05, 3.63) is 6.92 Å². The third kappa shape index (κ3) is 52.0. The molecule has 29 valence electrons. The van der Waals surface area contributed by atoms with Crippen LogP contribution >= 0.6 is 0 Å². The fourth-order valence-electron chi connectivity index (χ4n) is 0. The van der Waals surface area contributed by atoms with E-state index in [1.54, 1.807) is 0 Å². The molecule has 0 N–H and O–H groups in total. The van der Waals surface area contributed by atoms with Crippen molar-refractivity contribution in [3.63, 3.8) is 0 Å². The van der Waals surface area contributed by atoms with Gasteiger partial charge in [0.05, 0.1) is 0 Å². The summed E-state index contributed by atoms with van der Waals surface area (Å²) in [5.74, 6) is 0.583. The van der Waals surface area contributed by atoms with Crippen LogP contribution in [0.2, 0.25) is 0 Å². The van der Waals surface area contributed by atoms with Crippen LogP contribution < -0.4 is 0 Å². The molecule has 0 spiro atoms. The molecule has 0 aliphatic rings. The van der Waals surface area contributed by atoms with Gasteiger partial charge in [0.2, 0.25) is 0 Å². The Morgan fingerprint density at radius 3 is 1.40 bits per heavy atom. The van der Waals surface area contributed by atoms with Crippen LogP contribution in [0.5, 0.6) is 0 Å². The van der Waals surface area contributed by atoms with Gasteiger partial charge < -0.3 is 0 Å². The summed E-state index contributed by atoms with van der Waals surface area (Å²) in [6, 6.07) is 0. The fraction of sp³-hybridized carbons (Fsp3) is 0.750. The van der Waals surface area contributed by atoms with E-state index in [1.807, 2.05) is 0 Å². The second-order valence-electron chi connectivity index (χ2n) is 1.39. The maximum absolute atomic E-state index is 3.64. The minimum atomic E-state index is 0. The normalized spacial score (nSPS) is 7.20. The van der Waals surface area contributed by atoms with Gasteiger partial charge in [0.1, 0.15) is 0 Å². The molecular weight excluding hydrogens is 139 g/mol. The molecule has 0 atom stereocenters. The Hall–Kier alpha value is 0.883. The van der Waals surface area contributed by atoms with Crippen molar-refractivity contribution in [2.45, 2.75) is 13.8 Å². The van der Waals surface area contributed by atoms with Gasteiger partial charge in [-0.1, -0.05) is 20.8 Å². The predicted molar refractivity (Wildman–Crippen MR) is 20.2 cm³/mol. The van der Waals surface area contributed by atoms with Crippen LogP contribution in [-0.2, 0) is 26.2 Å². The van der Waals surface area contributed by atoms with Crippen LogP contribution in [-0.4, -0.2) is 0 Å². The number of rotatable bonds is 0. The second-order valence-corrected chi connectivity index (χ2v) is 1.39. The van der Waals surface area contributed by atoms with E-state index in [0.717, 1.165) is 0 Å². The summed E-state index contributed by atoms with van der Waals surface area (Å²) in [6.07, 6.45) is 0. The standard InChI is InChI=1S/C4H9.Zr/c1-4(2)3;/h4H,1H2,2-3H3;. The third-order valence-corrected chi connectivity index (χ3v) is 0. The maximum atomic E-state index is 3.64. The van der Waals surface area contributed by atoms with Gasteiger partial charge in [0, 0.05) is 26.2 Å². The molecule has 5 heavy (non-hydrogen) atoms. The van der Waals surface area contributed by atoms with E-state index in [9.17, 15) is 0 Å². The van der Waals surface area contributed by atoms with E-state index in [0.29, 0.717) is 5.92 Å². The predicted octanol–water partition coefficient (Wildman–Crippen LogP) is 1.47. The van der Waals surface area contributed by atoms with Gasteiger partial charge in [-0.15, -0.1) is 0 Å². The fourth-order valence-corrected chi connectivity index (χ4v) is 0. The molecule has 0 aromatic rings. The zero-order chi connectivity index (χ0) is 3.58. The molecule has 0 nitrogen and oxygen atoms in total. The van der Waals surface area contributed by atoms with Gasteiger partial charge >= 0.3 is 0 Å². The van der Waals surface area contributed by atoms with Gasteiger partial charge in [0.25, 0.3) is 0 Å². The first-order valence-electron chi connectivity index (χ1n) is 1.56. The average molecular weight is 148 g/mol. The first-order chi connectivity index (χ1) is 1.73. The van der Waals surface area contributed by atoms with Crippen molar-refractivity contribution in [1.82, 2.24) is 0 Å². The molecule has 0 saturated carbocycles. The van der Waals surface area contributed by atoms with Crippen LogP contribution in [0.1, 0.15) is 13.8 Å². The maximum Gasteiger partial charge on any atom is 0 e. The minimum absolute atomic E-state index is 0. The van der Waals surface area contributed by atoms with Crippen molar-refractivity contribution < 1.29 is 26.2 Å². The average Bonchev–Trinajstić information content (AvgIpc) is 0.811. The number of hydrogen-bond donors (Lipinski definition) is 0. The molecule has 1 heteroatoms. The quantitative estimate of drug-likeness (QED) is 0.488. The Labute approximate surface area is 53.1 Å². The number of hydrogen-bond acceptors (Lipinski definition) is 0. The molecule has 0 aromatic heterocycles. The molecule has 0 fully saturated rings. The molecule has 0 amide bonds. The Balaban J connectivity index is 0. The van der Waals surface area contributed by atoms with Gasteiger partial charge in [-0.2, -0.15) is 0 Å². The van der Waals surface area contributed by atoms with Crippen molar-refractivity contribution in [3.8, 4) is 0 Å². The van der Waals surface area contributed by atoms with Crippen LogP contribution in [0.15, 0.2) is 0 Å². The topological polar surface area (TPSA) is 0 Å².